The lowest BCUT2D eigenvalue weighted by molar-refractivity contribution is 0.698. The van der Waals surface area contributed by atoms with E-state index in [0.29, 0.717) is 11.1 Å². The Morgan fingerprint density at radius 2 is 2.28 bits per heavy atom. The number of nitrogens with one attached hydrogen (secondary N) is 1. The first kappa shape index (κ1) is 11.8. The second-order valence-corrected chi connectivity index (χ2v) is 5.35. The van der Waals surface area contributed by atoms with Crippen molar-refractivity contribution in [2.45, 2.75) is 12.3 Å². The molecule has 0 saturated carbocycles. The predicted molar refractivity (Wildman–Crippen MR) is 74.8 cm³/mol. The molecule has 1 atom stereocenters. The molecule has 96 valence electrons. The Bertz CT molecular complexity index is 570. The topological polar surface area (TPSA) is 32.6 Å². The van der Waals surface area contributed by atoms with Gasteiger partial charge in [0.1, 0.15) is 5.82 Å². The summed E-state index contributed by atoms with van der Waals surface area (Å²) < 4.78 is 2.13. The first-order valence-corrected chi connectivity index (χ1v) is 6.60. The Morgan fingerprint density at radius 3 is 2.94 bits per heavy atom. The summed E-state index contributed by atoms with van der Waals surface area (Å²) in [5, 5.41) is 3.97. The first-order chi connectivity index (χ1) is 8.66. The standard InChI is InChI=1S/C13H17ClN4/c1-17(2)10-3-4-11-12(14)16-13(18(11)8-10)9-5-6-15-7-9/h3-4,8-9,15H,5-7H2,1-2H3. The molecule has 0 aliphatic carbocycles. The van der Waals surface area contributed by atoms with Crippen LogP contribution in [0.2, 0.25) is 5.15 Å². The molecule has 0 amide bonds. The van der Waals surface area contributed by atoms with Gasteiger partial charge in [0.05, 0.1) is 11.2 Å². The summed E-state index contributed by atoms with van der Waals surface area (Å²) in [4.78, 5) is 6.63. The fourth-order valence-electron chi connectivity index (χ4n) is 2.49. The minimum absolute atomic E-state index is 0.461. The summed E-state index contributed by atoms with van der Waals surface area (Å²) in [6, 6.07) is 4.11. The lowest BCUT2D eigenvalue weighted by Gasteiger charge is -2.14. The summed E-state index contributed by atoms with van der Waals surface area (Å²) >= 11 is 6.22. The zero-order chi connectivity index (χ0) is 12.7. The van der Waals surface area contributed by atoms with Gasteiger partial charge >= 0.3 is 0 Å². The van der Waals surface area contributed by atoms with Gasteiger partial charge in [0, 0.05) is 32.8 Å². The Balaban J connectivity index is 2.15. The Kier molecular flexibility index (Phi) is 2.92. The Labute approximate surface area is 112 Å². The smallest absolute Gasteiger partial charge is 0.155 e. The summed E-state index contributed by atoms with van der Waals surface area (Å²) in [5.41, 5.74) is 2.15. The molecular weight excluding hydrogens is 248 g/mol. The van der Waals surface area contributed by atoms with Gasteiger partial charge in [0.15, 0.2) is 5.15 Å². The zero-order valence-corrected chi connectivity index (χ0v) is 11.4. The molecule has 1 aliphatic heterocycles. The number of halogens is 1. The third kappa shape index (κ3) is 1.85. The lowest BCUT2D eigenvalue weighted by Crippen LogP contribution is -2.12. The van der Waals surface area contributed by atoms with E-state index in [4.69, 9.17) is 11.6 Å². The van der Waals surface area contributed by atoms with Crippen LogP contribution in [0.15, 0.2) is 18.3 Å². The molecule has 1 fully saturated rings. The van der Waals surface area contributed by atoms with Crippen LogP contribution in [0.5, 0.6) is 0 Å². The number of rotatable bonds is 2. The van der Waals surface area contributed by atoms with Gasteiger partial charge < -0.3 is 10.2 Å². The predicted octanol–water partition coefficient (Wildman–Crippen LogP) is 2.13. The number of anilines is 1. The lowest BCUT2D eigenvalue weighted by atomic mass is 10.1. The molecule has 2 aromatic heterocycles. The maximum Gasteiger partial charge on any atom is 0.155 e. The molecule has 5 heteroatoms. The molecule has 3 heterocycles. The van der Waals surface area contributed by atoms with Gasteiger partial charge in [-0.2, -0.15) is 0 Å². The molecule has 4 nitrogen and oxygen atoms in total. The highest BCUT2D eigenvalue weighted by Gasteiger charge is 2.22. The van der Waals surface area contributed by atoms with Crippen molar-refractivity contribution in [2.24, 2.45) is 0 Å². The van der Waals surface area contributed by atoms with Crippen molar-refractivity contribution >= 4 is 22.8 Å². The molecule has 3 rings (SSSR count). The second kappa shape index (κ2) is 4.44. The molecule has 1 unspecified atom stereocenters. The molecule has 0 spiro atoms. The van der Waals surface area contributed by atoms with E-state index in [-0.39, 0.29) is 0 Å². The highest BCUT2D eigenvalue weighted by Crippen LogP contribution is 2.28. The molecule has 0 radical (unpaired) electrons. The van der Waals surface area contributed by atoms with Crippen molar-refractivity contribution in [3.8, 4) is 0 Å². The van der Waals surface area contributed by atoms with Gasteiger partial charge in [-0.15, -0.1) is 0 Å². The Morgan fingerprint density at radius 1 is 1.44 bits per heavy atom. The van der Waals surface area contributed by atoms with Crippen molar-refractivity contribution in [1.29, 1.82) is 0 Å². The third-order valence-corrected chi connectivity index (χ3v) is 3.82. The molecule has 1 N–H and O–H groups in total. The van der Waals surface area contributed by atoms with Crippen LogP contribution >= 0.6 is 11.6 Å². The molecule has 1 aliphatic rings. The molecule has 1 saturated heterocycles. The van der Waals surface area contributed by atoms with Crippen molar-refractivity contribution in [1.82, 2.24) is 14.7 Å². The largest absolute Gasteiger partial charge is 0.376 e. The van der Waals surface area contributed by atoms with E-state index in [1.807, 2.05) is 20.2 Å². The van der Waals surface area contributed by atoms with Gasteiger partial charge in [-0.25, -0.2) is 4.98 Å². The van der Waals surface area contributed by atoms with Crippen LogP contribution in [-0.2, 0) is 0 Å². The van der Waals surface area contributed by atoms with Crippen molar-refractivity contribution in [3.63, 3.8) is 0 Å². The monoisotopic (exact) mass is 264 g/mol. The summed E-state index contributed by atoms with van der Waals surface area (Å²) in [7, 11) is 4.08. The number of fused-ring (bicyclic) bond motifs is 1. The minimum Gasteiger partial charge on any atom is -0.376 e. The maximum absolute atomic E-state index is 6.22. The first-order valence-electron chi connectivity index (χ1n) is 6.22. The van der Waals surface area contributed by atoms with E-state index in [9.17, 15) is 0 Å². The van der Waals surface area contributed by atoms with Crippen LogP contribution in [0.4, 0.5) is 5.69 Å². The average molecular weight is 265 g/mol. The fraction of sp³-hybridized carbons (Fsp3) is 0.462. The van der Waals surface area contributed by atoms with Crippen LogP contribution < -0.4 is 10.2 Å². The van der Waals surface area contributed by atoms with Gasteiger partial charge in [0.2, 0.25) is 0 Å². The highest BCUT2D eigenvalue weighted by molar-refractivity contribution is 6.32. The van der Waals surface area contributed by atoms with Crippen molar-refractivity contribution < 1.29 is 0 Å². The van der Waals surface area contributed by atoms with E-state index in [1.54, 1.807) is 0 Å². The SMILES string of the molecule is CN(C)c1ccc2c(Cl)nc(C3CCNC3)n2c1. The quantitative estimate of drug-likeness (QED) is 0.902. The van der Waals surface area contributed by atoms with E-state index in [1.165, 1.54) is 0 Å². The number of hydrogen-bond donors (Lipinski definition) is 1. The average Bonchev–Trinajstić information content (AvgIpc) is 2.97. The highest BCUT2D eigenvalue weighted by atomic mass is 35.5. The number of aromatic nitrogens is 2. The second-order valence-electron chi connectivity index (χ2n) is 4.99. The van der Waals surface area contributed by atoms with Gasteiger partial charge in [0.25, 0.3) is 0 Å². The molecule has 18 heavy (non-hydrogen) atoms. The molecule has 0 bridgehead atoms. The minimum atomic E-state index is 0.461. The summed E-state index contributed by atoms with van der Waals surface area (Å²) in [6.45, 7) is 2.05. The Hall–Kier alpha value is -1.26. The van der Waals surface area contributed by atoms with Gasteiger partial charge in [-0.3, -0.25) is 4.40 Å². The van der Waals surface area contributed by atoms with Crippen LogP contribution in [-0.4, -0.2) is 36.6 Å². The van der Waals surface area contributed by atoms with E-state index >= 15 is 0 Å². The van der Waals surface area contributed by atoms with E-state index in [2.05, 4.69) is 31.9 Å². The molecule has 0 aromatic carbocycles. The van der Waals surface area contributed by atoms with Gasteiger partial charge in [-0.05, 0) is 25.1 Å². The number of pyridine rings is 1. The molecule has 2 aromatic rings. The van der Waals surface area contributed by atoms with E-state index in [0.717, 1.165) is 36.5 Å². The van der Waals surface area contributed by atoms with Crippen LogP contribution in [0, 0.1) is 0 Å². The van der Waals surface area contributed by atoms with Crippen LogP contribution in [0.1, 0.15) is 18.2 Å². The zero-order valence-electron chi connectivity index (χ0n) is 10.7. The van der Waals surface area contributed by atoms with Crippen LogP contribution in [0.3, 0.4) is 0 Å². The maximum atomic E-state index is 6.22. The summed E-state index contributed by atoms with van der Waals surface area (Å²) in [6.07, 6.45) is 3.24. The van der Waals surface area contributed by atoms with Crippen molar-refractivity contribution in [3.05, 3.63) is 29.3 Å². The third-order valence-electron chi connectivity index (χ3n) is 3.55. The van der Waals surface area contributed by atoms with Gasteiger partial charge in [-0.1, -0.05) is 11.6 Å². The normalized spacial score (nSPS) is 19.6. The fourth-order valence-corrected chi connectivity index (χ4v) is 2.73. The number of imidazole rings is 1. The van der Waals surface area contributed by atoms with Crippen molar-refractivity contribution in [2.75, 3.05) is 32.1 Å². The van der Waals surface area contributed by atoms with E-state index < -0.39 is 0 Å². The number of hydrogen-bond acceptors (Lipinski definition) is 3. The van der Waals surface area contributed by atoms with Crippen LogP contribution in [0.25, 0.3) is 5.52 Å². The number of nitrogens with zero attached hydrogens (tertiary/aromatic N) is 3. The summed E-state index contributed by atoms with van der Waals surface area (Å²) in [5.74, 6) is 1.53. The molecular formula is C13H17ClN4.